The third-order valence-corrected chi connectivity index (χ3v) is 1.55. The van der Waals surface area contributed by atoms with E-state index in [0.29, 0.717) is 5.57 Å². The molecule has 0 heterocycles. The fraction of sp³-hybridized carbons (Fsp3) is 0.556. The monoisotopic (exact) mass is 170 g/mol. The lowest BCUT2D eigenvalue weighted by atomic mass is 9.99. The SMILES string of the molecule is C=C=C(C(C)C)[C@H](O)C(=O)OC. The lowest BCUT2D eigenvalue weighted by molar-refractivity contribution is -0.148. The van der Waals surface area contributed by atoms with Crippen molar-refractivity contribution in [3.63, 3.8) is 0 Å². The molecule has 0 aromatic rings. The highest BCUT2D eigenvalue weighted by Gasteiger charge is 2.22. The van der Waals surface area contributed by atoms with Crippen LogP contribution in [0.2, 0.25) is 0 Å². The van der Waals surface area contributed by atoms with E-state index in [2.05, 4.69) is 17.0 Å². The minimum atomic E-state index is -1.23. The summed E-state index contributed by atoms with van der Waals surface area (Å²) in [5.41, 5.74) is 2.99. The van der Waals surface area contributed by atoms with E-state index in [4.69, 9.17) is 0 Å². The highest BCUT2D eigenvalue weighted by molar-refractivity contribution is 5.77. The van der Waals surface area contributed by atoms with Crippen molar-refractivity contribution in [2.75, 3.05) is 7.11 Å². The Kier molecular flexibility index (Phi) is 4.34. The molecule has 68 valence electrons. The first-order valence-electron chi connectivity index (χ1n) is 3.70. The summed E-state index contributed by atoms with van der Waals surface area (Å²) in [5.74, 6) is -0.633. The van der Waals surface area contributed by atoms with Gasteiger partial charge in [-0.2, -0.15) is 0 Å². The highest BCUT2D eigenvalue weighted by Crippen LogP contribution is 2.13. The van der Waals surface area contributed by atoms with Gasteiger partial charge in [0.05, 0.1) is 7.11 Å². The van der Waals surface area contributed by atoms with E-state index in [0.717, 1.165) is 0 Å². The maximum Gasteiger partial charge on any atom is 0.339 e. The molecule has 1 N–H and O–H groups in total. The number of esters is 1. The molecule has 3 nitrogen and oxygen atoms in total. The number of hydrogen-bond acceptors (Lipinski definition) is 3. The second-order valence-corrected chi connectivity index (χ2v) is 2.71. The smallest absolute Gasteiger partial charge is 0.339 e. The van der Waals surface area contributed by atoms with Gasteiger partial charge in [-0.1, -0.05) is 20.4 Å². The van der Waals surface area contributed by atoms with Crippen molar-refractivity contribution >= 4 is 5.97 Å². The van der Waals surface area contributed by atoms with Crippen molar-refractivity contribution < 1.29 is 14.6 Å². The van der Waals surface area contributed by atoms with Gasteiger partial charge in [0.2, 0.25) is 0 Å². The van der Waals surface area contributed by atoms with Gasteiger partial charge in [-0.15, -0.1) is 5.73 Å². The molecule has 0 rings (SSSR count). The van der Waals surface area contributed by atoms with Gasteiger partial charge in [-0.05, 0) is 5.92 Å². The molecule has 0 fully saturated rings. The number of methoxy groups -OCH3 is 1. The molecule has 0 saturated heterocycles. The minimum Gasteiger partial charge on any atom is -0.467 e. The van der Waals surface area contributed by atoms with Crippen molar-refractivity contribution in [3.8, 4) is 0 Å². The number of aliphatic hydroxyl groups is 1. The van der Waals surface area contributed by atoms with Crippen LogP contribution in [0.4, 0.5) is 0 Å². The van der Waals surface area contributed by atoms with E-state index in [1.807, 2.05) is 13.8 Å². The van der Waals surface area contributed by atoms with E-state index in [9.17, 15) is 9.90 Å². The number of rotatable bonds is 3. The molecule has 0 aliphatic rings. The molecule has 0 aliphatic carbocycles. The minimum absolute atomic E-state index is 0.0385. The molecule has 0 amide bonds. The second kappa shape index (κ2) is 4.75. The van der Waals surface area contributed by atoms with Crippen molar-refractivity contribution in [1.82, 2.24) is 0 Å². The zero-order valence-corrected chi connectivity index (χ0v) is 7.63. The van der Waals surface area contributed by atoms with Gasteiger partial charge in [0.25, 0.3) is 0 Å². The standard InChI is InChI=1S/C9H14O3/c1-5-7(6(2)3)8(10)9(11)12-4/h6,8,10H,1H2,2-4H3/t8-/m0/s1. The Hall–Kier alpha value is -1.05. The molecule has 1 atom stereocenters. The first-order chi connectivity index (χ1) is 5.54. The van der Waals surface area contributed by atoms with Crippen LogP contribution in [0.3, 0.4) is 0 Å². The number of ether oxygens (including phenoxy) is 1. The summed E-state index contributed by atoms with van der Waals surface area (Å²) in [5, 5.41) is 9.33. The van der Waals surface area contributed by atoms with E-state index < -0.39 is 12.1 Å². The summed E-state index contributed by atoms with van der Waals surface area (Å²) in [6.45, 7) is 7.08. The van der Waals surface area contributed by atoms with Gasteiger partial charge < -0.3 is 9.84 Å². The van der Waals surface area contributed by atoms with Gasteiger partial charge in [0, 0.05) is 5.57 Å². The van der Waals surface area contributed by atoms with Crippen molar-refractivity contribution in [1.29, 1.82) is 0 Å². The van der Waals surface area contributed by atoms with Gasteiger partial charge >= 0.3 is 5.97 Å². The highest BCUT2D eigenvalue weighted by atomic mass is 16.5. The molecule has 0 radical (unpaired) electrons. The summed E-state index contributed by atoms with van der Waals surface area (Å²) in [4.78, 5) is 10.9. The Labute approximate surface area is 72.3 Å². The van der Waals surface area contributed by atoms with Crippen LogP contribution >= 0.6 is 0 Å². The quantitative estimate of drug-likeness (QED) is 0.505. The number of carbonyl (C=O) groups is 1. The van der Waals surface area contributed by atoms with Gasteiger partial charge in [0.15, 0.2) is 6.10 Å². The Bertz CT molecular complexity index is 212. The Morgan fingerprint density at radius 3 is 2.33 bits per heavy atom. The third kappa shape index (κ3) is 2.53. The molecule has 0 saturated carbocycles. The van der Waals surface area contributed by atoms with Crippen LogP contribution in [-0.4, -0.2) is 24.3 Å². The van der Waals surface area contributed by atoms with E-state index in [-0.39, 0.29) is 5.92 Å². The molecule has 0 spiro atoms. The molecular weight excluding hydrogens is 156 g/mol. The zero-order chi connectivity index (χ0) is 9.72. The topological polar surface area (TPSA) is 46.5 Å². The summed E-state index contributed by atoms with van der Waals surface area (Å²) >= 11 is 0. The van der Waals surface area contributed by atoms with Gasteiger partial charge in [-0.3, -0.25) is 0 Å². The average Bonchev–Trinajstić information content (AvgIpc) is 2.03. The average molecular weight is 170 g/mol. The molecular formula is C9H14O3. The lowest BCUT2D eigenvalue weighted by Crippen LogP contribution is -2.26. The second-order valence-electron chi connectivity index (χ2n) is 2.71. The Morgan fingerprint density at radius 2 is 2.08 bits per heavy atom. The predicted molar refractivity (Wildman–Crippen MR) is 45.5 cm³/mol. The molecule has 0 aromatic heterocycles. The number of aliphatic hydroxyl groups excluding tert-OH is 1. The van der Waals surface area contributed by atoms with Crippen molar-refractivity contribution in [2.45, 2.75) is 20.0 Å². The summed E-state index contributed by atoms with van der Waals surface area (Å²) in [7, 11) is 1.23. The van der Waals surface area contributed by atoms with E-state index in [1.165, 1.54) is 7.11 Å². The van der Waals surface area contributed by atoms with Gasteiger partial charge in [0.1, 0.15) is 0 Å². The largest absolute Gasteiger partial charge is 0.467 e. The zero-order valence-electron chi connectivity index (χ0n) is 7.63. The summed E-state index contributed by atoms with van der Waals surface area (Å²) in [6.07, 6.45) is -1.23. The van der Waals surface area contributed by atoms with Crippen LogP contribution in [0.1, 0.15) is 13.8 Å². The van der Waals surface area contributed by atoms with Crippen molar-refractivity contribution in [2.24, 2.45) is 5.92 Å². The van der Waals surface area contributed by atoms with Crippen LogP contribution in [0, 0.1) is 5.92 Å². The van der Waals surface area contributed by atoms with E-state index in [1.54, 1.807) is 0 Å². The Morgan fingerprint density at radius 1 is 1.58 bits per heavy atom. The molecule has 0 bridgehead atoms. The summed E-state index contributed by atoms with van der Waals surface area (Å²) < 4.78 is 4.37. The van der Waals surface area contributed by atoms with E-state index >= 15 is 0 Å². The van der Waals surface area contributed by atoms with Crippen LogP contribution in [-0.2, 0) is 9.53 Å². The molecule has 0 aromatic carbocycles. The maximum atomic E-state index is 10.9. The van der Waals surface area contributed by atoms with Crippen LogP contribution in [0.25, 0.3) is 0 Å². The molecule has 12 heavy (non-hydrogen) atoms. The van der Waals surface area contributed by atoms with Crippen LogP contribution < -0.4 is 0 Å². The molecule has 3 heteroatoms. The third-order valence-electron chi connectivity index (χ3n) is 1.55. The molecule has 0 unspecified atom stereocenters. The predicted octanol–water partition coefficient (Wildman–Crippen LogP) is 0.888. The van der Waals surface area contributed by atoms with Crippen molar-refractivity contribution in [3.05, 3.63) is 17.9 Å². The first kappa shape index (κ1) is 11.0. The fourth-order valence-corrected chi connectivity index (χ4v) is 0.855. The van der Waals surface area contributed by atoms with Gasteiger partial charge in [-0.25, -0.2) is 4.79 Å². The number of carbonyl (C=O) groups excluding carboxylic acids is 1. The normalized spacial score (nSPS) is 12.1. The fourth-order valence-electron chi connectivity index (χ4n) is 0.855. The Balaban J connectivity index is 4.55. The summed E-state index contributed by atoms with van der Waals surface area (Å²) in [6, 6.07) is 0. The van der Waals surface area contributed by atoms with Crippen LogP contribution in [0.5, 0.6) is 0 Å². The lowest BCUT2D eigenvalue weighted by Gasteiger charge is -2.13. The first-order valence-corrected chi connectivity index (χ1v) is 3.70. The van der Waals surface area contributed by atoms with Crippen LogP contribution in [0.15, 0.2) is 17.9 Å². The maximum absolute atomic E-state index is 10.9. The molecule has 0 aliphatic heterocycles. The number of hydrogen-bond donors (Lipinski definition) is 1.